The molecule has 2 heteroatoms. The first-order valence-corrected chi connectivity index (χ1v) is 4.29. The predicted octanol–water partition coefficient (Wildman–Crippen LogP) is 2.95. The molecule has 0 bridgehead atoms. The van der Waals surface area contributed by atoms with E-state index in [1.165, 1.54) is 0 Å². The van der Waals surface area contributed by atoms with Gasteiger partial charge in [0.1, 0.15) is 5.75 Å². The van der Waals surface area contributed by atoms with Gasteiger partial charge < -0.3 is 5.11 Å². The normalized spacial score (nSPS) is 10.8. The molecule has 1 nitrogen and oxygen atoms in total. The van der Waals surface area contributed by atoms with Crippen molar-refractivity contribution in [1.82, 2.24) is 0 Å². The van der Waals surface area contributed by atoms with Gasteiger partial charge in [-0.1, -0.05) is 23.8 Å². The van der Waals surface area contributed by atoms with Crippen LogP contribution in [0.1, 0.15) is 11.1 Å². The Morgan fingerprint density at radius 3 is 2.92 bits per heavy atom. The smallest absolute Gasteiger partial charge is 0.122 e. The van der Waals surface area contributed by atoms with Crippen molar-refractivity contribution in [3.63, 3.8) is 0 Å². The monoisotopic (exact) mass is 182 g/mol. The fraction of sp³-hybridized carbons (Fsp3) is 0.200. The fourth-order valence-electron chi connectivity index (χ4n) is 0.979. The van der Waals surface area contributed by atoms with E-state index >= 15 is 0 Å². The van der Waals surface area contributed by atoms with Crippen LogP contribution in [-0.4, -0.2) is 11.0 Å². The molecule has 64 valence electrons. The summed E-state index contributed by atoms with van der Waals surface area (Å²) in [7, 11) is 0. The number of alkyl halides is 1. The molecule has 1 rings (SSSR count). The zero-order chi connectivity index (χ0) is 8.97. The molecule has 0 atom stereocenters. The summed E-state index contributed by atoms with van der Waals surface area (Å²) < 4.78 is 0. The molecular weight excluding hydrogens is 172 g/mol. The highest BCUT2D eigenvalue weighted by molar-refractivity contribution is 6.19. The Morgan fingerprint density at radius 1 is 1.50 bits per heavy atom. The summed E-state index contributed by atoms with van der Waals surface area (Å²) in [5.41, 5.74) is 1.94. The molecule has 12 heavy (non-hydrogen) atoms. The molecule has 1 aromatic carbocycles. The van der Waals surface area contributed by atoms with Crippen LogP contribution in [0.25, 0.3) is 6.08 Å². The average Bonchev–Trinajstić information content (AvgIpc) is 2.07. The van der Waals surface area contributed by atoms with Gasteiger partial charge in [0.2, 0.25) is 0 Å². The van der Waals surface area contributed by atoms with Gasteiger partial charge in [0.15, 0.2) is 0 Å². The zero-order valence-electron chi connectivity index (χ0n) is 6.92. The molecule has 0 unspecified atom stereocenters. The van der Waals surface area contributed by atoms with Gasteiger partial charge in [-0.2, -0.15) is 0 Å². The van der Waals surface area contributed by atoms with Crippen LogP contribution >= 0.6 is 11.6 Å². The van der Waals surface area contributed by atoms with E-state index in [0.717, 1.165) is 11.1 Å². The van der Waals surface area contributed by atoms with E-state index in [1.807, 2.05) is 25.1 Å². The Balaban J connectivity index is 2.97. The minimum Gasteiger partial charge on any atom is -0.507 e. The Bertz CT molecular complexity index is 292. The van der Waals surface area contributed by atoms with Crippen molar-refractivity contribution in [3.8, 4) is 5.75 Å². The van der Waals surface area contributed by atoms with Crippen molar-refractivity contribution in [3.05, 3.63) is 35.4 Å². The fourth-order valence-corrected chi connectivity index (χ4v) is 1.07. The van der Waals surface area contributed by atoms with Crippen LogP contribution in [0.3, 0.4) is 0 Å². The van der Waals surface area contributed by atoms with E-state index in [-0.39, 0.29) is 0 Å². The summed E-state index contributed by atoms with van der Waals surface area (Å²) in [6.45, 7) is 1.98. The lowest BCUT2D eigenvalue weighted by molar-refractivity contribution is 0.474. The van der Waals surface area contributed by atoms with E-state index in [2.05, 4.69) is 0 Å². The maximum absolute atomic E-state index is 9.37. The third-order valence-corrected chi connectivity index (χ3v) is 1.75. The van der Waals surface area contributed by atoms with E-state index in [1.54, 1.807) is 12.1 Å². The van der Waals surface area contributed by atoms with Crippen LogP contribution < -0.4 is 0 Å². The average molecular weight is 183 g/mol. The topological polar surface area (TPSA) is 20.2 Å². The molecular formula is C10H11ClO. The Kier molecular flexibility index (Phi) is 3.18. The highest BCUT2D eigenvalue weighted by Crippen LogP contribution is 2.19. The number of hydrogen-bond donors (Lipinski definition) is 1. The maximum Gasteiger partial charge on any atom is 0.122 e. The van der Waals surface area contributed by atoms with Gasteiger partial charge in [-0.3, -0.25) is 0 Å². The van der Waals surface area contributed by atoms with Crippen LogP contribution in [0.15, 0.2) is 24.3 Å². The van der Waals surface area contributed by atoms with Crippen LogP contribution in [-0.2, 0) is 0 Å². The van der Waals surface area contributed by atoms with Crippen molar-refractivity contribution in [2.75, 3.05) is 5.88 Å². The molecule has 0 aliphatic carbocycles. The molecule has 0 aliphatic heterocycles. The Morgan fingerprint density at radius 2 is 2.25 bits per heavy atom. The second kappa shape index (κ2) is 4.17. The number of rotatable bonds is 2. The molecule has 0 aliphatic rings. The minimum atomic E-state index is 0.293. The summed E-state index contributed by atoms with van der Waals surface area (Å²) in [4.78, 5) is 0. The maximum atomic E-state index is 9.37. The quantitative estimate of drug-likeness (QED) is 0.698. The molecule has 0 amide bonds. The first-order chi connectivity index (χ1) is 5.74. The number of hydrogen-bond acceptors (Lipinski definition) is 1. The summed E-state index contributed by atoms with van der Waals surface area (Å²) in [6.07, 6.45) is 3.62. The number of benzene rings is 1. The van der Waals surface area contributed by atoms with Crippen LogP contribution in [0.5, 0.6) is 5.75 Å². The van der Waals surface area contributed by atoms with Gasteiger partial charge in [0.05, 0.1) is 0 Å². The van der Waals surface area contributed by atoms with Crippen LogP contribution in [0.2, 0.25) is 0 Å². The lowest BCUT2D eigenvalue weighted by Crippen LogP contribution is -1.77. The summed E-state index contributed by atoms with van der Waals surface area (Å²) in [5, 5.41) is 9.37. The largest absolute Gasteiger partial charge is 0.507 e. The van der Waals surface area contributed by atoms with Crippen molar-refractivity contribution in [2.24, 2.45) is 0 Å². The molecule has 0 heterocycles. The van der Waals surface area contributed by atoms with E-state index in [4.69, 9.17) is 11.6 Å². The first-order valence-electron chi connectivity index (χ1n) is 3.76. The van der Waals surface area contributed by atoms with Gasteiger partial charge >= 0.3 is 0 Å². The molecule has 1 aromatic rings. The van der Waals surface area contributed by atoms with Gasteiger partial charge in [-0.15, -0.1) is 11.6 Å². The summed E-state index contributed by atoms with van der Waals surface area (Å²) in [5.74, 6) is 0.759. The molecule has 0 saturated carbocycles. The lowest BCUT2D eigenvalue weighted by Gasteiger charge is -1.99. The number of phenolic OH excluding ortho intramolecular Hbond substituents is 1. The molecule has 0 aromatic heterocycles. The standard InChI is InChI=1S/C10H11ClO/c1-8-4-5-10(12)9(7-8)3-2-6-11/h2-5,7,12H,6H2,1H3. The third kappa shape index (κ3) is 2.28. The van der Waals surface area contributed by atoms with Gasteiger partial charge in [0.25, 0.3) is 0 Å². The van der Waals surface area contributed by atoms with Crippen LogP contribution in [0.4, 0.5) is 0 Å². The molecule has 0 spiro atoms. The highest BCUT2D eigenvalue weighted by Gasteiger charge is 1.95. The van der Waals surface area contributed by atoms with Crippen molar-refractivity contribution in [1.29, 1.82) is 0 Å². The predicted molar refractivity (Wildman–Crippen MR) is 52.6 cm³/mol. The minimum absolute atomic E-state index is 0.293. The molecule has 0 fully saturated rings. The van der Waals surface area contributed by atoms with Gasteiger partial charge in [-0.25, -0.2) is 0 Å². The molecule has 0 saturated heterocycles. The number of aromatic hydroxyl groups is 1. The highest BCUT2D eigenvalue weighted by atomic mass is 35.5. The van der Waals surface area contributed by atoms with Gasteiger partial charge in [0, 0.05) is 11.4 Å². The Hall–Kier alpha value is -0.950. The van der Waals surface area contributed by atoms with Gasteiger partial charge in [-0.05, 0) is 19.1 Å². The summed E-state index contributed by atoms with van der Waals surface area (Å²) >= 11 is 5.48. The van der Waals surface area contributed by atoms with E-state index in [9.17, 15) is 5.11 Å². The second-order valence-electron chi connectivity index (χ2n) is 2.62. The number of aryl methyl sites for hydroxylation is 1. The SMILES string of the molecule is Cc1ccc(O)c(C=CCCl)c1. The second-order valence-corrected chi connectivity index (χ2v) is 2.93. The van der Waals surface area contributed by atoms with Crippen molar-refractivity contribution >= 4 is 17.7 Å². The van der Waals surface area contributed by atoms with E-state index in [0.29, 0.717) is 11.6 Å². The van der Waals surface area contributed by atoms with Crippen molar-refractivity contribution in [2.45, 2.75) is 6.92 Å². The van der Waals surface area contributed by atoms with E-state index < -0.39 is 0 Å². The molecule has 1 N–H and O–H groups in total. The first kappa shape index (κ1) is 9.14. The lowest BCUT2D eigenvalue weighted by atomic mass is 10.1. The zero-order valence-corrected chi connectivity index (χ0v) is 7.67. The Labute approximate surface area is 77.3 Å². The number of halogens is 1. The van der Waals surface area contributed by atoms with Crippen molar-refractivity contribution < 1.29 is 5.11 Å². The number of phenols is 1. The molecule has 0 radical (unpaired) electrons. The summed E-state index contributed by atoms with van der Waals surface area (Å²) in [6, 6.07) is 5.47. The number of allylic oxidation sites excluding steroid dienone is 1. The third-order valence-electron chi connectivity index (χ3n) is 1.57. The van der Waals surface area contributed by atoms with Crippen LogP contribution in [0, 0.1) is 6.92 Å².